The summed E-state index contributed by atoms with van der Waals surface area (Å²) in [6.45, 7) is 0. The maximum Gasteiger partial charge on any atom is 0.167 e. The van der Waals surface area contributed by atoms with E-state index in [9.17, 15) is 0 Å². The Morgan fingerprint density at radius 2 is 1.87 bits per heavy atom. The highest BCUT2D eigenvalue weighted by Crippen LogP contribution is 2.26. The van der Waals surface area contributed by atoms with Gasteiger partial charge in [-0.3, -0.25) is 0 Å². The monoisotopic (exact) mass is 194 g/mol. The Kier molecular flexibility index (Phi) is 1.78. The molecule has 71 valence electrons. The highest BCUT2D eigenvalue weighted by Gasteiger charge is 2.08. The van der Waals surface area contributed by atoms with Gasteiger partial charge in [0.1, 0.15) is 5.69 Å². The van der Waals surface area contributed by atoms with E-state index in [1.807, 2.05) is 48.5 Å². The molecule has 0 unspecified atom stereocenters. The van der Waals surface area contributed by atoms with Gasteiger partial charge in [0.15, 0.2) is 5.58 Å². The van der Waals surface area contributed by atoms with Gasteiger partial charge in [0, 0.05) is 10.9 Å². The highest BCUT2D eigenvalue weighted by molar-refractivity contribution is 5.91. The molecule has 2 aromatic carbocycles. The summed E-state index contributed by atoms with van der Waals surface area (Å²) in [5.74, 6) is 0. The first-order chi connectivity index (χ1) is 7.45. The normalized spacial score (nSPS) is 10.7. The molecular formula is C13H8NO. The number of para-hydroxylation sites is 1. The molecule has 3 aromatic rings. The molecule has 0 bridgehead atoms. The molecule has 0 N–H and O–H groups in total. The topological polar surface area (TPSA) is 26.0 Å². The average Bonchev–Trinajstić information content (AvgIpc) is 2.74. The second-order valence-electron chi connectivity index (χ2n) is 3.30. The number of hydrogen-bond acceptors (Lipinski definition) is 2. The summed E-state index contributed by atoms with van der Waals surface area (Å²) in [6.07, 6.45) is 0. The number of benzene rings is 2. The van der Waals surface area contributed by atoms with Crippen LogP contribution in [0.5, 0.6) is 0 Å². The van der Waals surface area contributed by atoms with Gasteiger partial charge in [-0.2, -0.15) is 0 Å². The molecule has 1 radical (unpaired) electrons. The third-order valence-corrected chi connectivity index (χ3v) is 2.34. The van der Waals surface area contributed by atoms with Crippen molar-refractivity contribution in [2.75, 3.05) is 0 Å². The summed E-state index contributed by atoms with van der Waals surface area (Å²) in [5.41, 5.74) is 2.62. The summed E-state index contributed by atoms with van der Waals surface area (Å²) in [6, 6.07) is 18.7. The van der Waals surface area contributed by atoms with Crippen molar-refractivity contribution < 1.29 is 4.52 Å². The van der Waals surface area contributed by atoms with E-state index < -0.39 is 0 Å². The van der Waals surface area contributed by atoms with Crippen LogP contribution in [-0.2, 0) is 0 Å². The van der Waals surface area contributed by atoms with Gasteiger partial charge in [-0.1, -0.05) is 41.6 Å². The van der Waals surface area contributed by atoms with Gasteiger partial charge >= 0.3 is 0 Å². The van der Waals surface area contributed by atoms with Crippen LogP contribution in [0.15, 0.2) is 53.1 Å². The Hall–Kier alpha value is -2.09. The predicted molar refractivity (Wildman–Crippen MR) is 58.3 cm³/mol. The fraction of sp³-hybridized carbons (Fsp3) is 0. The lowest BCUT2D eigenvalue weighted by atomic mass is 10.1. The molecule has 0 amide bonds. The molecule has 0 fully saturated rings. The highest BCUT2D eigenvalue weighted by atomic mass is 16.5. The van der Waals surface area contributed by atoms with Gasteiger partial charge in [-0.05, 0) is 18.2 Å². The van der Waals surface area contributed by atoms with Crippen molar-refractivity contribution in [1.82, 2.24) is 5.16 Å². The van der Waals surface area contributed by atoms with Crippen molar-refractivity contribution in [3.63, 3.8) is 0 Å². The third-order valence-electron chi connectivity index (χ3n) is 2.34. The Morgan fingerprint density at radius 1 is 1.00 bits per heavy atom. The zero-order valence-electron chi connectivity index (χ0n) is 7.97. The van der Waals surface area contributed by atoms with Gasteiger partial charge in [-0.25, -0.2) is 0 Å². The lowest BCUT2D eigenvalue weighted by Crippen LogP contribution is -1.76. The molecule has 3 rings (SSSR count). The summed E-state index contributed by atoms with van der Waals surface area (Å²) >= 11 is 0. The zero-order valence-corrected chi connectivity index (χ0v) is 7.97. The zero-order chi connectivity index (χ0) is 10.1. The van der Waals surface area contributed by atoms with E-state index in [4.69, 9.17) is 4.52 Å². The predicted octanol–water partition coefficient (Wildman–Crippen LogP) is 3.29. The summed E-state index contributed by atoms with van der Waals surface area (Å²) in [7, 11) is 0. The van der Waals surface area contributed by atoms with Crippen molar-refractivity contribution >= 4 is 11.0 Å². The largest absolute Gasteiger partial charge is 0.356 e. The van der Waals surface area contributed by atoms with Crippen LogP contribution in [0.2, 0.25) is 0 Å². The number of fused-ring (bicyclic) bond motifs is 1. The van der Waals surface area contributed by atoms with E-state index in [1.165, 1.54) is 0 Å². The first-order valence-electron chi connectivity index (χ1n) is 4.77. The first kappa shape index (κ1) is 8.24. The van der Waals surface area contributed by atoms with Crippen molar-refractivity contribution in [1.29, 1.82) is 0 Å². The van der Waals surface area contributed by atoms with Crippen LogP contribution in [-0.4, -0.2) is 5.16 Å². The van der Waals surface area contributed by atoms with Gasteiger partial charge < -0.3 is 4.52 Å². The van der Waals surface area contributed by atoms with Crippen LogP contribution in [0.25, 0.3) is 22.2 Å². The second-order valence-corrected chi connectivity index (χ2v) is 3.30. The third kappa shape index (κ3) is 1.31. The number of hydrogen-bond donors (Lipinski definition) is 0. The molecule has 0 saturated heterocycles. The van der Waals surface area contributed by atoms with Crippen LogP contribution in [0.1, 0.15) is 0 Å². The van der Waals surface area contributed by atoms with Crippen molar-refractivity contribution in [2.24, 2.45) is 0 Å². The maximum atomic E-state index is 5.23. The lowest BCUT2D eigenvalue weighted by Gasteiger charge is -1.93. The number of nitrogens with zero attached hydrogens (tertiary/aromatic N) is 1. The van der Waals surface area contributed by atoms with Crippen LogP contribution in [0.3, 0.4) is 0 Å². The van der Waals surface area contributed by atoms with Crippen molar-refractivity contribution in [2.45, 2.75) is 0 Å². The van der Waals surface area contributed by atoms with Crippen LogP contribution >= 0.6 is 0 Å². The smallest absolute Gasteiger partial charge is 0.167 e. The molecule has 2 heteroatoms. The SMILES string of the molecule is [c]1ccccc1-c1noc2ccccc12. The fourth-order valence-electron chi connectivity index (χ4n) is 1.62. The molecule has 15 heavy (non-hydrogen) atoms. The quantitative estimate of drug-likeness (QED) is 0.594. The Morgan fingerprint density at radius 3 is 2.73 bits per heavy atom. The average molecular weight is 194 g/mol. The van der Waals surface area contributed by atoms with Gasteiger partial charge in [0.25, 0.3) is 0 Å². The first-order valence-corrected chi connectivity index (χ1v) is 4.77. The van der Waals surface area contributed by atoms with E-state index in [0.717, 1.165) is 22.2 Å². The van der Waals surface area contributed by atoms with E-state index in [-0.39, 0.29) is 0 Å². The van der Waals surface area contributed by atoms with E-state index in [0.29, 0.717) is 0 Å². The van der Waals surface area contributed by atoms with Crippen LogP contribution < -0.4 is 0 Å². The van der Waals surface area contributed by atoms with Gasteiger partial charge in [0.2, 0.25) is 0 Å². The minimum atomic E-state index is 0.810. The summed E-state index contributed by atoms with van der Waals surface area (Å²) in [4.78, 5) is 0. The second kappa shape index (κ2) is 3.24. The maximum absolute atomic E-state index is 5.23. The molecule has 1 aromatic heterocycles. The minimum absolute atomic E-state index is 0.810. The molecule has 2 nitrogen and oxygen atoms in total. The fourth-order valence-corrected chi connectivity index (χ4v) is 1.62. The minimum Gasteiger partial charge on any atom is -0.356 e. The standard InChI is InChI=1S/C13H8NO/c1-2-6-10(7-3-1)13-11-8-4-5-9-12(11)15-14-13/h1-6,8-9H. The Balaban J connectivity index is 2.28. The molecule has 0 aliphatic heterocycles. The van der Waals surface area contributed by atoms with Crippen LogP contribution in [0.4, 0.5) is 0 Å². The molecule has 1 heterocycles. The Bertz CT molecular complexity index is 584. The van der Waals surface area contributed by atoms with Crippen LogP contribution in [0, 0.1) is 6.07 Å². The molecule has 0 aliphatic rings. The van der Waals surface area contributed by atoms with Gasteiger partial charge in [-0.15, -0.1) is 0 Å². The molecule has 0 aliphatic carbocycles. The van der Waals surface area contributed by atoms with Gasteiger partial charge in [0.05, 0.1) is 0 Å². The van der Waals surface area contributed by atoms with Crippen molar-refractivity contribution in [3.05, 3.63) is 54.6 Å². The van der Waals surface area contributed by atoms with E-state index >= 15 is 0 Å². The molecule has 0 spiro atoms. The summed E-state index contributed by atoms with van der Waals surface area (Å²) < 4.78 is 5.23. The number of rotatable bonds is 1. The Labute approximate surface area is 87.1 Å². The molecule has 0 saturated carbocycles. The van der Waals surface area contributed by atoms with E-state index in [1.54, 1.807) is 0 Å². The molecule has 0 atom stereocenters. The summed E-state index contributed by atoms with van der Waals surface area (Å²) in [5, 5.41) is 5.09. The molecular weight excluding hydrogens is 186 g/mol. The number of aromatic nitrogens is 1. The van der Waals surface area contributed by atoms with E-state index in [2.05, 4.69) is 11.2 Å². The van der Waals surface area contributed by atoms with Crippen molar-refractivity contribution in [3.8, 4) is 11.3 Å². The lowest BCUT2D eigenvalue weighted by molar-refractivity contribution is 0.459.